The average Bonchev–Trinajstić information content (AvgIpc) is 3.11. The number of rotatable bonds is 7. The first-order valence-electron chi connectivity index (χ1n) is 8.22. The predicted octanol–water partition coefficient (Wildman–Crippen LogP) is 1.71. The lowest BCUT2D eigenvalue weighted by Crippen LogP contribution is -2.32. The molecular formula is C18H18N4O4S. The minimum Gasteiger partial charge on any atom is -0.477 e. The zero-order valence-electron chi connectivity index (χ0n) is 14.6. The molecule has 0 aliphatic carbocycles. The van der Waals surface area contributed by atoms with Crippen molar-refractivity contribution in [1.29, 1.82) is 0 Å². The van der Waals surface area contributed by atoms with Crippen molar-refractivity contribution in [3.8, 4) is 11.6 Å². The third-order valence-electron chi connectivity index (χ3n) is 3.58. The predicted molar refractivity (Wildman–Crippen MR) is 98.0 cm³/mol. The van der Waals surface area contributed by atoms with E-state index >= 15 is 0 Å². The molecule has 8 nitrogen and oxygen atoms in total. The van der Waals surface area contributed by atoms with E-state index in [1.54, 1.807) is 17.8 Å². The van der Waals surface area contributed by atoms with E-state index in [1.165, 1.54) is 24.5 Å². The summed E-state index contributed by atoms with van der Waals surface area (Å²) in [6.45, 7) is 1.97. The van der Waals surface area contributed by atoms with Crippen LogP contribution in [0.1, 0.15) is 12.5 Å². The van der Waals surface area contributed by atoms with E-state index < -0.39 is 15.9 Å². The van der Waals surface area contributed by atoms with E-state index in [0.29, 0.717) is 5.56 Å². The molecule has 0 bridgehead atoms. The van der Waals surface area contributed by atoms with Gasteiger partial charge in [-0.15, -0.1) is 0 Å². The molecule has 3 rings (SSSR count). The van der Waals surface area contributed by atoms with Crippen LogP contribution in [-0.4, -0.2) is 35.7 Å². The molecule has 0 aliphatic rings. The largest absolute Gasteiger partial charge is 0.477 e. The van der Waals surface area contributed by atoms with Crippen LogP contribution in [0.4, 0.5) is 0 Å². The van der Waals surface area contributed by atoms with Crippen molar-refractivity contribution in [2.75, 3.05) is 6.61 Å². The molecule has 27 heavy (non-hydrogen) atoms. The molecule has 0 unspecified atom stereocenters. The maximum absolute atomic E-state index is 12.5. The highest BCUT2D eigenvalue weighted by atomic mass is 32.2. The first-order valence-corrected chi connectivity index (χ1v) is 9.70. The molecule has 0 fully saturated rings. The van der Waals surface area contributed by atoms with E-state index in [9.17, 15) is 13.2 Å². The molecule has 140 valence electrons. The van der Waals surface area contributed by atoms with Crippen LogP contribution >= 0.6 is 0 Å². The Labute approximate surface area is 156 Å². The summed E-state index contributed by atoms with van der Waals surface area (Å²) in [6, 6.07) is 12.2. The fourth-order valence-electron chi connectivity index (χ4n) is 2.43. The van der Waals surface area contributed by atoms with Crippen LogP contribution in [0.3, 0.4) is 0 Å². The molecule has 0 atom stereocenters. The standard InChI is InChI=1S/C18H18N4O4S/c1-2-26-18-16(9-6-10-19-18)27(24,25)21-17(23)11-14-12-20-22(13-14)15-7-4-3-5-8-15/h3-10,12-13H,2,11H2,1H3,(H,21,23). The topological polar surface area (TPSA) is 103 Å². The summed E-state index contributed by atoms with van der Waals surface area (Å²) < 4.78 is 33.8. The molecule has 3 aromatic rings. The lowest BCUT2D eigenvalue weighted by Gasteiger charge is -2.10. The van der Waals surface area contributed by atoms with Crippen molar-refractivity contribution in [2.24, 2.45) is 0 Å². The average molecular weight is 386 g/mol. The summed E-state index contributed by atoms with van der Waals surface area (Å²) in [4.78, 5) is 15.9. The molecule has 0 saturated carbocycles. The number of nitrogens with zero attached hydrogens (tertiary/aromatic N) is 3. The van der Waals surface area contributed by atoms with Gasteiger partial charge in [-0.3, -0.25) is 4.79 Å². The number of amides is 1. The van der Waals surface area contributed by atoms with Crippen LogP contribution in [0.5, 0.6) is 5.88 Å². The first-order chi connectivity index (χ1) is 13.0. The van der Waals surface area contributed by atoms with Crippen LogP contribution in [-0.2, 0) is 21.2 Å². The third kappa shape index (κ3) is 4.50. The number of hydrogen-bond donors (Lipinski definition) is 1. The van der Waals surface area contributed by atoms with Gasteiger partial charge in [-0.1, -0.05) is 18.2 Å². The van der Waals surface area contributed by atoms with Gasteiger partial charge >= 0.3 is 0 Å². The Kier molecular flexibility index (Phi) is 5.51. The van der Waals surface area contributed by atoms with E-state index in [2.05, 4.69) is 10.1 Å². The number of sulfonamides is 1. The van der Waals surface area contributed by atoms with Gasteiger partial charge in [-0.2, -0.15) is 5.10 Å². The normalized spacial score (nSPS) is 11.1. The van der Waals surface area contributed by atoms with Gasteiger partial charge in [0.2, 0.25) is 11.8 Å². The Morgan fingerprint density at radius 2 is 1.96 bits per heavy atom. The molecule has 2 heterocycles. The molecular weight excluding hydrogens is 368 g/mol. The fourth-order valence-corrected chi connectivity index (χ4v) is 3.51. The van der Waals surface area contributed by atoms with Crippen molar-refractivity contribution in [3.05, 3.63) is 66.6 Å². The molecule has 1 aromatic carbocycles. The zero-order chi connectivity index (χ0) is 19.3. The minimum atomic E-state index is -4.09. The summed E-state index contributed by atoms with van der Waals surface area (Å²) >= 11 is 0. The van der Waals surface area contributed by atoms with E-state index in [0.717, 1.165) is 5.69 Å². The highest BCUT2D eigenvalue weighted by Gasteiger charge is 2.23. The summed E-state index contributed by atoms with van der Waals surface area (Å²) in [5.41, 5.74) is 1.43. The number of nitrogens with one attached hydrogen (secondary N) is 1. The van der Waals surface area contributed by atoms with Crippen LogP contribution in [0.25, 0.3) is 5.69 Å². The van der Waals surface area contributed by atoms with Crippen molar-refractivity contribution in [3.63, 3.8) is 0 Å². The lowest BCUT2D eigenvalue weighted by molar-refractivity contribution is -0.118. The summed E-state index contributed by atoms with van der Waals surface area (Å²) in [6.07, 6.45) is 4.49. The van der Waals surface area contributed by atoms with Gasteiger partial charge in [0.25, 0.3) is 10.0 Å². The quantitative estimate of drug-likeness (QED) is 0.663. The summed E-state index contributed by atoms with van der Waals surface area (Å²) in [5.74, 6) is -0.717. The molecule has 0 saturated heterocycles. The van der Waals surface area contributed by atoms with Gasteiger partial charge in [0.1, 0.15) is 4.90 Å². The number of benzene rings is 1. The summed E-state index contributed by atoms with van der Waals surface area (Å²) in [5, 5.41) is 4.19. The monoisotopic (exact) mass is 386 g/mol. The Balaban J connectivity index is 1.72. The second-order valence-electron chi connectivity index (χ2n) is 5.57. The maximum Gasteiger partial charge on any atom is 0.269 e. The molecule has 9 heteroatoms. The van der Waals surface area contributed by atoms with Crippen LogP contribution in [0, 0.1) is 0 Å². The number of carbonyl (C=O) groups is 1. The lowest BCUT2D eigenvalue weighted by atomic mass is 10.2. The van der Waals surface area contributed by atoms with Gasteiger partial charge in [0.05, 0.1) is 24.9 Å². The Hall–Kier alpha value is -3.20. The van der Waals surface area contributed by atoms with Crippen LogP contribution in [0.15, 0.2) is 66.0 Å². The zero-order valence-corrected chi connectivity index (χ0v) is 15.4. The van der Waals surface area contributed by atoms with Gasteiger partial charge in [0, 0.05) is 12.4 Å². The first kappa shape index (κ1) is 18.6. The highest BCUT2D eigenvalue weighted by molar-refractivity contribution is 7.90. The number of pyridine rings is 1. The molecule has 0 aliphatic heterocycles. The fraction of sp³-hybridized carbons (Fsp3) is 0.167. The van der Waals surface area contributed by atoms with E-state index in [4.69, 9.17) is 4.74 Å². The number of aromatic nitrogens is 3. The van der Waals surface area contributed by atoms with Gasteiger partial charge in [-0.25, -0.2) is 22.8 Å². The van der Waals surface area contributed by atoms with Crippen molar-refractivity contribution in [1.82, 2.24) is 19.5 Å². The van der Waals surface area contributed by atoms with Gasteiger partial charge in [0.15, 0.2) is 0 Å². The Bertz CT molecular complexity index is 1030. The molecule has 1 amide bonds. The van der Waals surface area contributed by atoms with Gasteiger partial charge < -0.3 is 4.74 Å². The molecule has 1 N–H and O–H groups in total. The Morgan fingerprint density at radius 1 is 1.19 bits per heavy atom. The van der Waals surface area contributed by atoms with E-state index in [-0.39, 0.29) is 23.8 Å². The molecule has 0 radical (unpaired) electrons. The Morgan fingerprint density at radius 3 is 2.70 bits per heavy atom. The van der Waals surface area contributed by atoms with Gasteiger partial charge in [-0.05, 0) is 36.8 Å². The molecule has 0 spiro atoms. The van der Waals surface area contributed by atoms with Crippen molar-refractivity contribution in [2.45, 2.75) is 18.2 Å². The number of carbonyl (C=O) groups excluding carboxylic acids is 1. The minimum absolute atomic E-state index is 0.0443. The molecule has 2 aromatic heterocycles. The SMILES string of the molecule is CCOc1ncccc1S(=O)(=O)NC(=O)Cc1cnn(-c2ccccc2)c1. The van der Waals surface area contributed by atoms with Crippen LogP contribution < -0.4 is 9.46 Å². The number of para-hydroxylation sites is 1. The van der Waals surface area contributed by atoms with Crippen molar-refractivity contribution < 1.29 is 17.9 Å². The smallest absolute Gasteiger partial charge is 0.269 e. The van der Waals surface area contributed by atoms with Crippen molar-refractivity contribution >= 4 is 15.9 Å². The van der Waals surface area contributed by atoms with Crippen LogP contribution in [0.2, 0.25) is 0 Å². The maximum atomic E-state index is 12.5. The number of hydrogen-bond acceptors (Lipinski definition) is 6. The third-order valence-corrected chi connectivity index (χ3v) is 4.96. The second-order valence-corrected chi connectivity index (χ2v) is 7.22. The highest BCUT2D eigenvalue weighted by Crippen LogP contribution is 2.20. The number of ether oxygens (including phenoxy) is 1. The van der Waals surface area contributed by atoms with E-state index in [1.807, 2.05) is 35.1 Å². The summed E-state index contributed by atoms with van der Waals surface area (Å²) in [7, 11) is -4.09. The second kappa shape index (κ2) is 8.00.